The molecule has 1 aromatic rings. The lowest BCUT2D eigenvalue weighted by molar-refractivity contribution is -0.141. The van der Waals surface area contributed by atoms with Gasteiger partial charge in [-0.05, 0) is 23.9 Å². The molecule has 134 valence electrons. The van der Waals surface area contributed by atoms with Crippen LogP contribution in [0.3, 0.4) is 0 Å². The molecular formula is C14H13ClF5NO3. The third kappa shape index (κ3) is 4.62. The molecule has 0 N–H and O–H groups in total. The van der Waals surface area contributed by atoms with E-state index in [0.29, 0.717) is 0 Å². The predicted octanol–water partition coefficient (Wildman–Crippen LogP) is 4.54. The molecule has 24 heavy (non-hydrogen) atoms. The molecule has 0 aliphatic carbocycles. The van der Waals surface area contributed by atoms with Crippen LogP contribution in [0.25, 0.3) is 0 Å². The van der Waals surface area contributed by atoms with Gasteiger partial charge < -0.3 is 4.74 Å². The molecule has 0 atom stereocenters. The standard InChI is InChI=1S/C14H13ClF5NO3/c1-5(2)4-7-8(12(15)23)11(14(18,19)20)21-9(13(16)17)10(7)24-6(3)22/h5,13H,4H2,1-3H3. The summed E-state index contributed by atoms with van der Waals surface area (Å²) in [5, 5.41) is -1.53. The summed E-state index contributed by atoms with van der Waals surface area (Å²) >= 11 is 5.24. The van der Waals surface area contributed by atoms with Crippen molar-refractivity contribution in [1.82, 2.24) is 4.98 Å². The van der Waals surface area contributed by atoms with Gasteiger partial charge in [-0.3, -0.25) is 9.59 Å². The maximum Gasteiger partial charge on any atom is 0.434 e. The number of rotatable bonds is 5. The van der Waals surface area contributed by atoms with Gasteiger partial charge in [0.15, 0.2) is 11.4 Å². The Morgan fingerprint density at radius 1 is 1.25 bits per heavy atom. The van der Waals surface area contributed by atoms with Gasteiger partial charge in [-0.2, -0.15) is 13.2 Å². The first-order chi connectivity index (χ1) is 10.9. The molecule has 0 aromatic carbocycles. The topological polar surface area (TPSA) is 56.3 Å². The summed E-state index contributed by atoms with van der Waals surface area (Å²) in [7, 11) is 0. The molecule has 0 amide bonds. The van der Waals surface area contributed by atoms with Crippen LogP contribution in [0.5, 0.6) is 5.75 Å². The number of carbonyl (C=O) groups excluding carboxylic acids is 2. The van der Waals surface area contributed by atoms with Gasteiger partial charge in [0.25, 0.3) is 11.7 Å². The van der Waals surface area contributed by atoms with Crippen LogP contribution in [0.2, 0.25) is 0 Å². The fourth-order valence-corrected chi connectivity index (χ4v) is 2.27. The van der Waals surface area contributed by atoms with Crippen LogP contribution in [0.4, 0.5) is 22.0 Å². The van der Waals surface area contributed by atoms with Gasteiger partial charge in [-0.1, -0.05) is 13.8 Å². The summed E-state index contributed by atoms with van der Waals surface area (Å²) in [6.45, 7) is 4.04. The zero-order chi connectivity index (χ0) is 18.8. The van der Waals surface area contributed by atoms with E-state index in [4.69, 9.17) is 11.6 Å². The molecule has 0 aliphatic rings. The van der Waals surface area contributed by atoms with Crippen LogP contribution < -0.4 is 4.74 Å². The summed E-state index contributed by atoms with van der Waals surface area (Å²) in [6.07, 6.45) is -8.89. The predicted molar refractivity (Wildman–Crippen MR) is 74.2 cm³/mol. The maximum atomic E-state index is 13.2. The molecule has 4 nitrogen and oxygen atoms in total. The Balaban J connectivity index is 3.94. The van der Waals surface area contributed by atoms with Crippen molar-refractivity contribution in [2.75, 3.05) is 0 Å². The highest BCUT2D eigenvalue weighted by atomic mass is 35.5. The first kappa shape index (κ1) is 20.3. The molecule has 0 bridgehead atoms. The second-order valence-corrected chi connectivity index (χ2v) is 5.64. The zero-order valence-electron chi connectivity index (χ0n) is 12.8. The van der Waals surface area contributed by atoms with Crippen molar-refractivity contribution < 1.29 is 36.3 Å². The molecule has 10 heteroatoms. The summed E-state index contributed by atoms with van der Waals surface area (Å²) in [6, 6.07) is 0. The number of esters is 1. The van der Waals surface area contributed by atoms with E-state index in [-0.39, 0.29) is 12.3 Å². The Morgan fingerprint density at radius 3 is 2.12 bits per heavy atom. The van der Waals surface area contributed by atoms with Gasteiger partial charge >= 0.3 is 12.1 Å². The number of hydrogen-bond acceptors (Lipinski definition) is 4. The molecular weight excluding hydrogens is 361 g/mol. The van der Waals surface area contributed by atoms with E-state index in [0.717, 1.165) is 6.92 Å². The highest BCUT2D eigenvalue weighted by Crippen LogP contribution is 2.41. The number of ether oxygens (including phenoxy) is 1. The van der Waals surface area contributed by atoms with Crippen molar-refractivity contribution >= 4 is 22.8 Å². The Kier molecular flexibility index (Phi) is 6.26. The van der Waals surface area contributed by atoms with Crippen LogP contribution >= 0.6 is 11.6 Å². The highest BCUT2D eigenvalue weighted by Gasteiger charge is 2.41. The summed E-state index contributed by atoms with van der Waals surface area (Å²) in [5.74, 6) is -2.25. The Bertz CT molecular complexity index is 659. The third-order valence-electron chi connectivity index (χ3n) is 2.81. The van der Waals surface area contributed by atoms with Crippen LogP contribution in [-0.4, -0.2) is 16.2 Å². The van der Waals surface area contributed by atoms with E-state index in [2.05, 4.69) is 9.72 Å². The Hall–Kier alpha value is -1.77. The fraction of sp³-hybridized carbons (Fsp3) is 0.500. The molecule has 1 rings (SSSR count). The minimum Gasteiger partial charge on any atom is -0.424 e. The summed E-state index contributed by atoms with van der Waals surface area (Å²) < 4.78 is 70.4. The van der Waals surface area contributed by atoms with E-state index in [1.165, 1.54) is 0 Å². The van der Waals surface area contributed by atoms with E-state index in [1.54, 1.807) is 13.8 Å². The number of pyridine rings is 1. The summed E-state index contributed by atoms with van der Waals surface area (Å²) in [5.41, 5.74) is -4.80. The maximum absolute atomic E-state index is 13.2. The van der Waals surface area contributed by atoms with E-state index in [9.17, 15) is 31.5 Å². The molecule has 0 radical (unpaired) electrons. The second-order valence-electron chi connectivity index (χ2n) is 5.29. The van der Waals surface area contributed by atoms with Crippen molar-refractivity contribution in [2.24, 2.45) is 5.92 Å². The zero-order valence-corrected chi connectivity index (χ0v) is 13.6. The Labute approximate surface area is 139 Å². The summed E-state index contributed by atoms with van der Waals surface area (Å²) in [4.78, 5) is 25.5. The molecule has 0 spiro atoms. The van der Waals surface area contributed by atoms with E-state index >= 15 is 0 Å². The van der Waals surface area contributed by atoms with Crippen molar-refractivity contribution in [3.8, 4) is 5.75 Å². The minimum absolute atomic E-state index is 0.248. The Morgan fingerprint density at radius 2 is 1.79 bits per heavy atom. The van der Waals surface area contributed by atoms with E-state index < -0.39 is 52.1 Å². The van der Waals surface area contributed by atoms with Gasteiger partial charge in [0.05, 0.1) is 5.56 Å². The minimum atomic E-state index is -5.19. The normalized spacial score (nSPS) is 12.0. The number of carbonyl (C=O) groups is 2. The van der Waals surface area contributed by atoms with Gasteiger partial charge in [0.2, 0.25) is 0 Å². The molecule has 0 unspecified atom stereocenters. The monoisotopic (exact) mass is 373 g/mol. The number of nitrogens with zero attached hydrogens (tertiary/aromatic N) is 1. The first-order valence-corrected chi connectivity index (χ1v) is 7.04. The molecule has 0 aliphatic heterocycles. The lowest BCUT2D eigenvalue weighted by atomic mass is 9.95. The smallest absolute Gasteiger partial charge is 0.424 e. The average Bonchev–Trinajstić information content (AvgIpc) is 2.36. The average molecular weight is 374 g/mol. The van der Waals surface area contributed by atoms with E-state index in [1.807, 2.05) is 0 Å². The largest absolute Gasteiger partial charge is 0.434 e. The molecule has 1 aromatic heterocycles. The van der Waals surface area contributed by atoms with Crippen LogP contribution in [-0.2, 0) is 17.4 Å². The second kappa shape index (κ2) is 7.42. The van der Waals surface area contributed by atoms with Gasteiger partial charge in [0.1, 0.15) is 5.69 Å². The van der Waals surface area contributed by atoms with Crippen molar-refractivity contribution in [1.29, 1.82) is 0 Å². The SMILES string of the molecule is CC(=O)Oc1c(C(F)F)nc(C(F)(F)F)c(C(=O)Cl)c1CC(C)C. The van der Waals surface area contributed by atoms with Crippen molar-refractivity contribution in [2.45, 2.75) is 39.8 Å². The van der Waals surface area contributed by atoms with Crippen LogP contribution in [0, 0.1) is 5.92 Å². The first-order valence-electron chi connectivity index (χ1n) is 6.66. The van der Waals surface area contributed by atoms with Crippen LogP contribution in [0.15, 0.2) is 0 Å². The number of hydrogen-bond donors (Lipinski definition) is 0. The van der Waals surface area contributed by atoms with Gasteiger partial charge in [0, 0.05) is 12.5 Å². The number of alkyl halides is 5. The van der Waals surface area contributed by atoms with Crippen molar-refractivity contribution in [3.63, 3.8) is 0 Å². The molecule has 1 heterocycles. The molecule has 0 saturated heterocycles. The third-order valence-corrected chi connectivity index (χ3v) is 3.00. The van der Waals surface area contributed by atoms with Crippen molar-refractivity contribution in [3.05, 3.63) is 22.5 Å². The fourth-order valence-electron chi connectivity index (χ4n) is 2.06. The quantitative estimate of drug-likeness (QED) is 0.432. The van der Waals surface area contributed by atoms with Crippen LogP contribution in [0.1, 0.15) is 54.5 Å². The number of halogens is 6. The molecule has 0 saturated carbocycles. The molecule has 0 fully saturated rings. The number of aromatic nitrogens is 1. The highest BCUT2D eigenvalue weighted by molar-refractivity contribution is 6.68. The van der Waals surface area contributed by atoms with Gasteiger partial charge in [-0.25, -0.2) is 13.8 Å². The lowest BCUT2D eigenvalue weighted by Crippen LogP contribution is -2.21. The lowest BCUT2D eigenvalue weighted by Gasteiger charge is -2.20. The van der Waals surface area contributed by atoms with Gasteiger partial charge in [-0.15, -0.1) is 0 Å².